The van der Waals surface area contributed by atoms with Crippen molar-refractivity contribution in [1.82, 2.24) is 18.7 Å². The van der Waals surface area contributed by atoms with Gasteiger partial charge in [-0.25, -0.2) is 9.78 Å². The summed E-state index contributed by atoms with van der Waals surface area (Å²) >= 11 is 0. The van der Waals surface area contributed by atoms with Crippen molar-refractivity contribution < 1.29 is 17.1 Å². The van der Waals surface area contributed by atoms with Crippen LogP contribution in [0, 0.1) is 0 Å². The van der Waals surface area contributed by atoms with Crippen molar-refractivity contribution in [3.05, 3.63) is 27.2 Å². The van der Waals surface area contributed by atoms with Gasteiger partial charge in [0.25, 0.3) is 5.56 Å². The van der Waals surface area contributed by atoms with Gasteiger partial charge in [-0.2, -0.15) is 0 Å². The zero-order valence-corrected chi connectivity index (χ0v) is 11.7. The van der Waals surface area contributed by atoms with Gasteiger partial charge in [-0.1, -0.05) is 0 Å². The molecule has 2 N–H and O–H groups in total. The number of rotatable bonds is 6. The second-order valence-electron chi connectivity index (χ2n) is 4.57. The Bertz CT molecular complexity index is 941. The Hall–Kier alpha value is -1.93. The molecule has 2 aromatic heterocycles. The number of hydrogen-bond donors (Lipinski definition) is 2. The highest BCUT2D eigenvalue weighted by molar-refractivity contribution is 5.69. The third-order valence-corrected chi connectivity index (χ3v) is 3.16. The first-order chi connectivity index (χ1) is 11.7. The molecular formula is C13H20N4O4. The molecule has 2 rings (SSSR count). The fraction of sp³-hybridized carbons (Fsp3) is 0.615. The average molecular weight is 301 g/mol. The van der Waals surface area contributed by atoms with Gasteiger partial charge in [-0.05, 0) is 19.2 Å². The molecule has 0 aliphatic carbocycles. The monoisotopic (exact) mass is 301 g/mol. The van der Waals surface area contributed by atoms with E-state index in [1.807, 2.05) is 0 Å². The largest absolute Gasteiger partial charge is 0.394 e. The maximum Gasteiger partial charge on any atom is 0.332 e. The number of aromatic nitrogens is 4. The minimum Gasteiger partial charge on any atom is -0.394 e. The highest BCUT2D eigenvalue weighted by Crippen LogP contribution is 2.05. The van der Waals surface area contributed by atoms with Crippen LogP contribution in [0.2, 0.25) is 0 Å². The van der Waals surface area contributed by atoms with Crippen LogP contribution in [0.25, 0.3) is 11.2 Å². The summed E-state index contributed by atoms with van der Waals surface area (Å²) in [5.41, 5.74) is -0.857. The quantitative estimate of drug-likeness (QED) is 0.709. The molecule has 0 radical (unpaired) electrons. The fourth-order valence-corrected chi connectivity index (χ4v) is 2.08. The SMILES string of the molecule is [2H]C([2H])(O)C([2H])(O)C([2H])([2H])CCCn1c(=O)c2c(ncn2C)n(C)c1=O. The average Bonchev–Trinajstić information content (AvgIpc) is 2.89. The van der Waals surface area contributed by atoms with E-state index in [0.717, 1.165) is 4.57 Å². The topological polar surface area (TPSA) is 102 Å². The Kier molecular flexibility index (Phi) is 2.94. The van der Waals surface area contributed by atoms with Crippen LogP contribution in [-0.4, -0.2) is 41.5 Å². The molecule has 2 aromatic rings. The highest BCUT2D eigenvalue weighted by Gasteiger charge is 2.14. The van der Waals surface area contributed by atoms with Crippen LogP contribution in [0.15, 0.2) is 15.9 Å². The van der Waals surface area contributed by atoms with Gasteiger partial charge in [0.05, 0.1) is 23.1 Å². The maximum atomic E-state index is 12.5. The molecule has 0 aliphatic rings. The molecule has 2 heterocycles. The maximum absolute atomic E-state index is 12.5. The molecular weight excluding hydrogens is 276 g/mol. The smallest absolute Gasteiger partial charge is 0.332 e. The van der Waals surface area contributed by atoms with Crippen LogP contribution in [-0.2, 0) is 20.6 Å². The molecule has 21 heavy (non-hydrogen) atoms. The predicted molar refractivity (Wildman–Crippen MR) is 77.2 cm³/mol. The molecule has 0 fully saturated rings. The van der Waals surface area contributed by atoms with Gasteiger partial charge in [0.1, 0.15) is 0 Å². The van der Waals surface area contributed by atoms with E-state index < -0.39 is 36.7 Å². The van der Waals surface area contributed by atoms with Crippen molar-refractivity contribution >= 4 is 11.2 Å². The van der Waals surface area contributed by atoms with E-state index in [0.29, 0.717) is 0 Å². The number of imidazole rings is 1. The molecule has 1 unspecified atom stereocenters. The Morgan fingerprint density at radius 1 is 1.43 bits per heavy atom. The lowest BCUT2D eigenvalue weighted by Crippen LogP contribution is -2.39. The van der Waals surface area contributed by atoms with Crippen molar-refractivity contribution in [3.8, 4) is 0 Å². The summed E-state index contributed by atoms with van der Waals surface area (Å²) in [6.07, 6.45) is -5.56. The molecule has 0 saturated carbocycles. The van der Waals surface area contributed by atoms with E-state index in [4.69, 9.17) is 6.85 Å². The third-order valence-electron chi connectivity index (χ3n) is 3.16. The number of fused-ring (bicyclic) bond motifs is 1. The van der Waals surface area contributed by atoms with Gasteiger partial charge in [0.2, 0.25) is 0 Å². The summed E-state index contributed by atoms with van der Waals surface area (Å²) in [7, 11) is 3.03. The van der Waals surface area contributed by atoms with Crippen molar-refractivity contribution in [2.75, 3.05) is 6.56 Å². The first-order valence-corrected chi connectivity index (χ1v) is 6.28. The number of aryl methyl sites for hydroxylation is 2. The molecule has 8 heteroatoms. The molecule has 8 nitrogen and oxygen atoms in total. The van der Waals surface area contributed by atoms with E-state index in [9.17, 15) is 19.8 Å². The zero-order valence-electron chi connectivity index (χ0n) is 16.7. The summed E-state index contributed by atoms with van der Waals surface area (Å²) in [5, 5.41) is 18.9. The van der Waals surface area contributed by atoms with Gasteiger partial charge < -0.3 is 14.8 Å². The minimum absolute atomic E-state index is 0.150. The lowest BCUT2D eigenvalue weighted by atomic mass is 10.1. The first kappa shape index (κ1) is 9.91. The van der Waals surface area contributed by atoms with E-state index in [-0.39, 0.29) is 24.1 Å². The standard InChI is InChI=1S/C13H20N4O4/c1-15-8-14-11-10(15)12(20)17(13(21)16(11)2)6-4-3-5-9(19)7-18/h8-9,18-19H,3-7H2,1-2H3/i5D2,7D2,9D. The van der Waals surface area contributed by atoms with E-state index in [2.05, 4.69) is 4.98 Å². The van der Waals surface area contributed by atoms with Crippen molar-refractivity contribution in [2.24, 2.45) is 14.1 Å². The highest BCUT2D eigenvalue weighted by atomic mass is 16.3. The van der Waals surface area contributed by atoms with Crippen LogP contribution < -0.4 is 11.2 Å². The van der Waals surface area contributed by atoms with Crippen molar-refractivity contribution in [1.29, 1.82) is 0 Å². The number of nitrogens with zero attached hydrogens (tertiary/aromatic N) is 4. The second kappa shape index (κ2) is 6.23. The summed E-state index contributed by atoms with van der Waals surface area (Å²) in [6, 6.07) is 0. The molecule has 116 valence electrons. The molecule has 0 aromatic carbocycles. The third kappa shape index (κ3) is 2.91. The molecule has 0 saturated heterocycles. The van der Waals surface area contributed by atoms with E-state index >= 15 is 0 Å². The zero-order chi connectivity index (χ0) is 20.1. The van der Waals surface area contributed by atoms with Crippen LogP contribution in [0.3, 0.4) is 0 Å². The van der Waals surface area contributed by atoms with Gasteiger partial charge in [0.15, 0.2) is 11.2 Å². The number of hydrogen-bond acceptors (Lipinski definition) is 5. The molecule has 0 amide bonds. The molecule has 1 atom stereocenters. The molecule has 0 bridgehead atoms. The van der Waals surface area contributed by atoms with E-state index in [1.54, 1.807) is 7.05 Å². The Morgan fingerprint density at radius 2 is 2.14 bits per heavy atom. The Labute approximate surface area is 127 Å². The van der Waals surface area contributed by atoms with Gasteiger partial charge in [-0.3, -0.25) is 13.9 Å². The minimum atomic E-state index is -3.49. The second-order valence-corrected chi connectivity index (χ2v) is 4.57. The fourth-order valence-electron chi connectivity index (χ4n) is 2.08. The molecule has 0 spiro atoms. The van der Waals surface area contributed by atoms with Gasteiger partial charge >= 0.3 is 5.69 Å². The van der Waals surface area contributed by atoms with Crippen LogP contribution >= 0.6 is 0 Å². The summed E-state index contributed by atoms with van der Waals surface area (Å²) in [6.45, 7) is -3.70. The lowest BCUT2D eigenvalue weighted by Gasteiger charge is -2.09. The summed E-state index contributed by atoms with van der Waals surface area (Å²) < 4.78 is 40.3. The summed E-state index contributed by atoms with van der Waals surface area (Å²) in [5.74, 6) is 0. The first-order valence-electron chi connectivity index (χ1n) is 8.78. The van der Waals surface area contributed by atoms with Crippen molar-refractivity contribution in [2.45, 2.75) is 31.8 Å². The van der Waals surface area contributed by atoms with Gasteiger partial charge in [0, 0.05) is 23.4 Å². The summed E-state index contributed by atoms with van der Waals surface area (Å²) in [4.78, 5) is 28.8. The lowest BCUT2D eigenvalue weighted by molar-refractivity contribution is 0.0858. The van der Waals surface area contributed by atoms with E-state index in [1.165, 1.54) is 22.5 Å². The van der Waals surface area contributed by atoms with Crippen LogP contribution in [0.4, 0.5) is 0 Å². The Morgan fingerprint density at radius 3 is 2.81 bits per heavy atom. The molecule has 0 aliphatic heterocycles. The van der Waals surface area contributed by atoms with Crippen LogP contribution in [0.5, 0.6) is 0 Å². The van der Waals surface area contributed by atoms with Crippen LogP contribution in [0.1, 0.15) is 26.1 Å². The van der Waals surface area contributed by atoms with Crippen molar-refractivity contribution in [3.63, 3.8) is 0 Å². The van der Waals surface area contributed by atoms with Gasteiger partial charge in [-0.15, -0.1) is 0 Å². The predicted octanol–water partition coefficient (Wildman–Crippen LogP) is -1.04. The Balaban J connectivity index is 2.30. The number of aliphatic hydroxyl groups is 2. The normalized spacial score (nSPS) is 19.3.